The molecule has 1 fully saturated rings. The summed E-state index contributed by atoms with van der Waals surface area (Å²) < 4.78 is 0. The summed E-state index contributed by atoms with van der Waals surface area (Å²) in [5.74, 6) is 0.677. The predicted octanol–water partition coefficient (Wildman–Crippen LogP) is 0.0693. The molecule has 2 rings (SSSR count). The summed E-state index contributed by atoms with van der Waals surface area (Å²) in [4.78, 5) is 4.35. The van der Waals surface area contributed by atoms with E-state index in [0.29, 0.717) is 12.5 Å². The summed E-state index contributed by atoms with van der Waals surface area (Å²) in [7, 11) is 2.01. The van der Waals surface area contributed by atoms with Crippen LogP contribution in [0.2, 0.25) is 0 Å². The van der Waals surface area contributed by atoms with Crippen LogP contribution < -0.4 is 4.90 Å². The Kier molecular flexibility index (Phi) is 5.71. The van der Waals surface area contributed by atoms with E-state index < -0.39 is 0 Å². The average molecular weight is 300 g/mol. The van der Waals surface area contributed by atoms with E-state index in [1.54, 1.807) is 11.3 Å². The summed E-state index contributed by atoms with van der Waals surface area (Å²) in [5.41, 5.74) is 0. The monoisotopic (exact) mass is 300 g/mol. The van der Waals surface area contributed by atoms with E-state index in [0.717, 1.165) is 36.2 Å². The number of anilines is 1. The van der Waals surface area contributed by atoms with Crippen molar-refractivity contribution in [3.63, 3.8) is 0 Å². The second-order valence-corrected chi connectivity index (χ2v) is 6.47. The molecule has 20 heavy (non-hydrogen) atoms. The maximum atomic E-state index is 9.57. The number of aryl methyl sites for hydroxylation is 1. The first-order valence-corrected chi connectivity index (χ1v) is 7.97. The minimum atomic E-state index is 0.174. The van der Waals surface area contributed by atoms with E-state index in [9.17, 15) is 5.11 Å². The maximum absolute atomic E-state index is 9.57. The van der Waals surface area contributed by atoms with Crippen LogP contribution in [0.15, 0.2) is 0 Å². The quantitative estimate of drug-likeness (QED) is 0.742. The summed E-state index contributed by atoms with van der Waals surface area (Å²) >= 11 is 1.64. The van der Waals surface area contributed by atoms with Crippen LogP contribution in [0.4, 0.5) is 5.13 Å². The second kappa shape index (κ2) is 7.31. The van der Waals surface area contributed by atoms with Crippen molar-refractivity contribution in [2.24, 2.45) is 11.8 Å². The van der Waals surface area contributed by atoms with Gasteiger partial charge in [-0.2, -0.15) is 0 Å². The summed E-state index contributed by atoms with van der Waals surface area (Å²) in [6.07, 6.45) is 0.914. The van der Waals surface area contributed by atoms with Crippen LogP contribution in [-0.2, 0) is 6.42 Å². The summed E-state index contributed by atoms with van der Waals surface area (Å²) in [6, 6.07) is 0. The smallest absolute Gasteiger partial charge is 0.208 e. The molecule has 1 aliphatic rings. The minimum absolute atomic E-state index is 0.174. The first-order chi connectivity index (χ1) is 9.67. The van der Waals surface area contributed by atoms with Crippen molar-refractivity contribution in [3.8, 4) is 0 Å². The highest BCUT2D eigenvalue weighted by Crippen LogP contribution is 2.30. The molecule has 1 aromatic heterocycles. The van der Waals surface area contributed by atoms with E-state index >= 15 is 0 Å². The van der Waals surface area contributed by atoms with Crippen LogP contribution in [0.5, 0.6) is 0 Å². The number of nitrogens with zero attached hydrogens (tertiary/aromatic N) is 4. The van der Waals surface area contributed by atoms with Crippen molar-refractivity contribution in [3.05, 3.63) is 5.01 Å². The molecule has 0 aromatic carbocycles. The largest absolute Gasteiger partial charge is 0.396 e. The molecule has 2 N–H and O–H groups in total. The van der Waals surface area contributed by atoms with Crippen molar-refractivity contribution in [1.29, 1.82) is 0 Å². The Morgan fingerprint density at radius 2 is 2.05 bits per heavy atom. The van der Waals surface area contributed by atoms with Crippen LogP contribution in [0.25, 0.3) is 0 Å². The van der Waals surface area contributed by atoms with Gasteiger partial charge in [0.05, 0.1) is 6.61 Å². The molecule has 0 bridgehead atoms. The van der Waals surface area contributed by atoms with Gasteiger partial charge < -0.3 is 20.0 Å². The van der Waals surface area contributed by atoms with E-state index in [1.165, 1.54) is 0 Å². The number of rotatable bonds is 7. The lowest BCUT2D eigenvalue weighted by Gasteiger charge is -2.22. The molecule has 114 valence electrons. The molecular weight excluding hydrogens is 276 g/mol. The lowest BCUT2D eigenvalue weighted by Crippen LogP contribution is -2.33. The van der Waals surface area contributed by atoms with Crippen LogP contribution in [0, 0.1) is 11.8 Å². The molecule has 1 aromatic rings. The number of hydrogen-bond acceptors (Lipinski definition) is 7. The molecule has 0 aliphatic carbocycles. The van der Waals surface area contributed by atoms with Gasteiger partial charge in [-0.3, -0.25) is 0 Å². The molecule has 0 saturated carbocycles. The van der Waals surface area contributed by atoms with Gasteiger partial charge in [0.2, 0.25) is 5.13 Å². The molecule has 7 heteroatoms. The van der Waals surface area contributed by atoms with Gasteiger partial charge in [0.25, 0.3) is 0 Å². The number of aromatic nitrogens is 2. The fourth-order valence-electron chi connectivity index (χ4n) is 2.69. The van der Waals surface area contributed by atoms with E-state index in [-0.39, 0.29) is 19.1 Å². The van der Waals surface area contributed by atoms with Crippen molar-refractivity contribution >= 4 is 16.5 Å². The summed E-state index contributed by atoms with van der Waals surface area (Å²) in [5, 5.41) is 29.0. The number of likely N-dealkylation sites (N-methyl/N-ethyl adjacent to an activating group) is 1. The third-order valence-electron chi connectivity index (χ3n) is 3.87. The van der Waals surface area contributed by atoms with Gasteiger partial charge in [-0.1, -0.05) is 18.3 Å². The lowest BCUT2D eigenvalue weighted by atomic mass is 9.96. The molecule has 2 unspecified atom stereocenters. The van der Waals surface area contributed by atoms with Crippen LogP contribution in [0.3, 0.4) is 0 Å². The van der Waals surface area contributed by atoms with E-state index in [4.69, 9.17) is 5.11 Å². The molecule has 2 heterocycles. The zero-order valence-electron chi connectivity index (χ0n) is 12.2. The third kappa shape index (κ3) is 3.66. The second-order valence-electron chi connectivity index (χ2n) is 5.43. The normalized spacial score (nSPS) is 22.9. The number of hydrogen-bond donors (Lipinski definition) is 2. The van der Waals surface area contributed by atoms with Gasteiger partial charge in [0, 0.05) is 38.7 Å². The van der Waals surface area contributed by atoms with Gasteiger partial charge in [-0.15, -0.1) is 10.2 Å². The van der Waals surface area contributed by atoms with Gasteiger partial charge in [0.15, 0.2) is 0 Å². The van der Waals surface area contributed by atoms with E-state index in [1.807, 2.05) is 7.05 Å². The highest BCUT2D eigenvalue weighted by Gasteiger charge is 2.34. The topological polar surface area (TPSA) is 72.7 Å². The standard InChI is InChI=1S/C13H24N4O2S/c1-3-12-14-15-13(20-12)17-7-10(11(8-17)9-19)6-16(2)4-5-18/h10-11,18-19H,3-9H2,1-2H3. The Hall–Kier alpha value is -0.760. The summed E-state index contributed by atoms with van der Waals surface area (Å²) in [6.45, 7) is 5.76. The zero-order chi connectivity index (χ0) is 14.5. The van der Waals surface area contributed by atoms with Crippen molar-refractivity contribution in [2.75, 3.05) is 51.3 Å². The van der Waals surface area contributed by atoms with Gasteiger partial charge in [-0.05, 0) is 19.4 Å². The Bertz CT molecular complexity index is 415. The Balaban J connectivity index is 1.97. The SMILES string of the molecule is CCc1nnc(N2CC(CO)C(CN(C)CCO)C2)s1. The van der Waals surface area contributed by atoms with Gasteiger partial charge >= 0.3 is 0 Å². The van der Waals surface area contributed by atoms with Crippen LogP contribution >= 0.6 is 11.3 Å². The molecule has 0 spiro atoms. The average Bonchev–Trinajstić information content (AvgIpc) is 3.04. The first kappa shape index (κ1) is 15.6. The predicted molar refractivity (Wildman–Crippen MR) is 80.1 cm³/mol. The molecule has 1 saturated heterocycles. The molecule has 0 amide bonds. The molecule has 6 nitrogen and oxygen atoms in total. The first-order valence-electron chi connectivity index (χ1n) is 7.15. The zero-order valence-corrected chi connectivity index (χ0v) is 13.0. The lowest BCUT2D eigenvalue weighted by molar-refractivity contribution is 0.160. The Morgan fingerprint density at radius 3 is 2.65 bits per heavy atom. The van der Waals surface area contributed by atoms with Crippen molar-refractivity contribution < 1.29 is 10.2 Å². The van der Waals surface area contributed by atoms with Crippen molar-refractivity contribution in [2.45, 2.75) is 13.3 Å². The van der Waals surface area contributed by atoms with Crippen molar-refractivity contribution in [1.82, 2.24) is 15.1 Å². The number of aliphatic hydroxyl groups excluding tert-OH is 2. The van der Waals surface area contributed by atoms with Gasteiger partial charge in [0.1, 0.15) is 5.01 Å². The molecule has 2 atom stereocenters. The Morgan fingerprint density at radius 1 is 1.30 bits per heavy atom. The van der Waals surface area contributed by atoms with Crippen LogP contribution in [0.1, 0.15) is 11.9 Å². The van der Waals surface area contributed by atoms with E-state index in [2.05, 4.69) is 26.9 Å². The highest BCUT2D eigenvalue weighted by molar-refractivity contribution is 7.15. The number of aliphatic hydroxyl groups is 2. The fraction of sp³-hybridized carbons (Fsp3) is 0.846. The van der Waals surface area contributed by atoms with Crippen LogP contribution in [-0.4, -0.2) is 71.8 Å². The third-order valence-corrected chi connectivity index (χ3v) is 5.00. The Labute approximate surface area is 124 Å². The van der Waals surface area contributed by atoms with Gasteiger partial charge in [-0.25, -0.2) is 0 Å². The maximum Gasteiger partial charge on any atom is 0.208 e. The molecule has 0 radical (unpaired) electrons. The molecular formula is C13H24N4O2S. The highest BCUT2D eigenvalue weighted by atomic mass is 32.1. The fourth-order valence-corrected chi connectivity index (χ4v) is 3.48. The molecule has 1 aliphatic heterocycles. The minimum Gasteiger partial charge on any atom is -0.396 e.